The Kier molecular flexibility index (Phi) is 2.76. The summed E-state index contributed by atoms with van der Waals surface area (Å²) in [7, 11) is 1.65. The molecule has 0 aromatic heterocycles. The van der Waals surface area contributed by atoms with Crippen molar-refractivity contribution in [2.24, 2.45) is 11.1 Å². The molecule has 1 atom stereocenters. The van der Waals surface area contributed by atoms with Crippen LogP contribution in [0, 0.1) is 5.41 Å². The highest BCUT2D eigenvalue weighted by molar-refractivity contribution is 5.06. The number of nitrogens with two attached hydrogens (primary N) is 1. The van der Waals surface area contributed by atoms with E-state index < -0.39 is 5.60 Å². The molecule has 0 heterocycles. The van der Waals surface area contributed by atoms with Gasteiger partial charge in [0.1, 0.15) is 0 Å². The van der Waals surface area contributed by atoms with Crippen LogP contribution in [0.5, 0.6) is 0 Å². The first-order valence-corrected chi connectivity index (χ1v) is 4.49. The molecule has 1 rings (SSSR count). The second kappa shape index (κ2) is 3.32. The molecule has 0 aromatic carbocycles. The fourth-order valence-electron chi connectivity index (χ4n) is 1.68. The quantitative estimate of drug-likeness (QED) is 0.637. The molecule has 1 aliphatic rings. The molecule has 0 saturated heterocycles. The molecule has 0 spiro atoms. The summed E-state index contributed by atoms with van der Waals surface area (Å²) in [5.41, 5.74) is 4.98. The fourth-order valence-corrected chi connectivity index (χ4v) is 1.68. The summed E-state index contributed by atoms with van der Waals surface area (Å²) in [6.45, 7) is 3.06. The van der Waals surface area contributed by atoms with E-state index in [2.05, 4.69) is 0 Å². The van der Waals surface area contributed by atoms with Crippen LogP contribution in [0.2, 0.25) is 0 Å². The maximum atomic E-state index is 10.1. The lowest BCUT2D eigenvalue weighted by molar-refractivity contribution is -0.0355. The normalized spacial score (nSPS) is 25.0. The maximum Gasteiger partial charge on any atom is 0.0709 e. The van der Waals surface area contributed by atoms with Gasteiger partial charge in [-0.25, -0.2) is 0 Å². The van der Waals surface area contributed by atoms with Crippen molar-refractivity contribution < 1.29 is 9.84 Å². The van der Waals surface area contributed by atoms with E-state index >= 15 is 0 Å². The third kappa shape index (κ3) is 1.63. The Morgan fingerprint density at radius 1 is 1.58 bits per heavy atom. The molecule has 3 heteroatoms. The van der Waals surface area contributed by atoms with E-state index in [1.807, 2.05) is 6.92 Å². The number of rotatable bonds is 5. The summed E-state index contributed by atoms with van der Waals surface area (Å²) in [6.07, 6.45) is 2.79. The van der Waals surface area contributed by atoms with Crippen LogP contribution < -0.4 is 5.73 Å². The Labute approximate surface area is 73.9 Å². The number of methoxy groups -OCH3 is 1. The summed E-state index contributed by atoms with van der Waals surface area (Å²) in [5, 5.41) is 10.1. The van der Waals surface area contributed by atoms with Crippen molar-refractivity contribution in [2.45, 2.75) is 31.8 Å². The SMILES string of the molecule is COCCC(C)(O)C1(CN)CC1. The molecule has 0 amide bonds. The van der Waals surface area contributed by atoms with Gasteiger partial charge in [-0.15, -0.1) is 0 Å². The lowest BCUT2D eigenvalue weighted by Gasteiger charge is -2.32. The van der Waals surface area contributed by atoms with Crippen molar-refractivity contribution in [2.75, 3.05) is 20.3 Å². The molecule has 1 unspecified atom stereocenters. The Balaban J connectivity index is 2.46. The first-order valence-electron chi connectivity index (χ1n) is 4.49. The molecule has 1 fully saturated rings. The molecule has 3 nitrogen and oxygen atoms in total. The van der Waals surface area contributed by atoms with Gasteiger partial charge in [0.2, 0.25) is 0 Å². The zero-order chi connectivity index (χ0) is 9.24. The largest absolute Gasteiger partial charge is 0.389 e. The van der Waals surface area contributed by atoms with E-state index in [1.54, 1.807) is 7.11 Å². The summed E-state index contributed by atoms with van der Waals surface area (Å²) in [5.74, 6) is 0. The van der Waals surface area contributed by atoms with Crippen molar-refractivity contribution in [1.29, 1.82) is 0 Å². The van der Waals surface area contributed by atoms with Gasteiger partial charge in [0, 0.05) is 25.7 Å². The van der Waals surface area contributed by atoms with Crippen LogP contribution in [0.4, 0.5) is 0 Å². The monoisotopic (exact) mass is 173 g/mol. The van der Waals surface area contributed by atoms with E-state index in [0.29, 0.717) is 19.6 Å². The first-order chi connectivity index (χ1) is 5.58. The minimum Gasteiger partial charge on any atom is -0.389 e. The van der Waals surface area contributed by atoms with Crippen LogP contribution >= 0.6 is 0 Å². The van der Waals surface area contributed by atoms with Gasteiger partial charge < -0.3 is 15.6 Å². The van der Waals surface area contributed by atoms with Crippen molar-refractivity contribution >= 4 is 0 Å². The Bertz CT molecular complexity index is 153. The molecule has 3 N–H and O–H groups in total. The second-order valence-corrected chi connectivity index (χ2v) is 4.00. The molecular formula is C9H19NO2. The molecule has 0 bridgehead atoms. The van der Waals surface area contributed by atoms with Crippen molar-refractivity contribution in [1.82, 2.24) is 0 Å². The second-order valence-electron chi connectivity index (χ2n) is 4.00. The summed E-state index contributed by atoms with van der Waals surface area (Å²) < 4.78 is 4.94. The molecule has 0 radical (unpaired) electrons. The average molecular weight is 173 g/mol. The van der Waals surface area contributed by atoms with Crippen LogP contribution in [-0.4, -0.2) is 31.0 Å². The molecule has 12 heavy (non-hydrogen) atoms. The summed E-state index contributed by atoms with van der Waals surface area (Å²) in [4.78, 5) is 0. The van der Waals surface area contributed by atoms with Crippen molar-refractivity contribution in [3.63, 3.8) is 0 Å². The predicted octanol–water partition coefficient (Wildman–Crippen LogP) is 0.513. The predicted molar refractivity (Wildman–Crippen MR) is 47.8 cm³/mol. The Morgan fingerprint density at radius 2 is 2.17 bits per heavy atom. The summed E-state index contributed by atoms with van der Waals surface area (Å²) in [6, 6.07) is 0. The Morgan fingerprint density at radius 3 is 2.50 bits per heavy atom. The van der Waals surface area contributed by atoms with E-state index in [0.717, 1.165) is 12.8 Å². The van der Waals surface area contributed by atoms with Gasteiger partial charge in [0.25, 0.3) is 0 Å². The average Bonchev–Trinajstić information content (AvgIpc) is 2.81. The van der Waals surface area contributed by atoms with E-state index in [-0.39, 0.29) is 5.41 Å². The van der Waals surface area contributed by atoms with Crippen LogP contribution in [0.15, 0.2) is 0 Å². The van der Waals surface area contributed by atoms with Crippen LogP contribution in [0.3, 0.4) is 0 Å². The number of hydrogen-bond acceptors (Lipinski definition) is 3. The van der Waals surface area contributed by atoms with E-state index in [9.17, 15) is 5.11 Å². The standard InChI is InChI=1S/C9H19NO2/c1-8(11,5-6-12-2)9(7-10)3-4-9/h11H,3-7,10H2,1-2H3. The van der Waals surface area contributed by atoms with Crippen LogP contribution in [-0.2, 0) is 4.74 Å². The van der Waals surface area contributed by atoms with E-state index in [4.69, 9.17) is 10.5 Å². The first kappa shape index (κ1) is 9.96. The van der Waals surface area contributed by atoms with E-state index in [1.165, 1.54) is 0 Å². The minimum atomic E-state index is -0.641. The number of aliphatic hydroxyl groups is 1. The Hall–Kier alpha value is -0.120. The summed E-state index contributed by atoms with van der Waals surface area (Å²) >= 11 is 0. The fraction of sp³-hybridized carbons (Fsp3) is 1.00. The number of hydrogen-bond donors (Lipinski definition) is 2. The van der Waals surface area contributed by atoms with Gasteiger partial charge in [0.15, 0.2) is 0 Å². The molecule has 0 aromatic rings. The van der Waals surface area contributed by atoms with Crippen molar-refractivity contribution in [3.05, 3.63) is 0 Å². The molecule has 1 aliphatic carbocycles. The highest BCUT2D eigenvalue weighted by Crippen LogP contribution is 2.54. The van der Waals surface area contributed by atoms with Crippen LogP contribution in [0.25, 0.3) is 0 Å². The van der Waals surface area contributed by atoms with Crippen LogP contribution in [0.1, 0.15) is 26.2 Å². The zero-order valence-electron chi connectivity index (χ0n) is 7.97. The highest BCUT2D eigenvalue weighted by Gasteiger charge is 2.54. The lowest BCUT2D eigenvalue weighted by atomic mass is 9.83. The smallest absolute Gasteiger partial charge is 0.0709 e. The third-order valence-corrected chi connectivity index (χ3v) is 3.18. The maximum absolute atomic E-state index is 10.1. The lowest BCUT2D eigenvalue weighted by Crippen LogP contribution is -2.42. The highest BCUT2D eigenvalue weighted by atomic mass is 16.5. The molecular weight excluding hydrogens is 154 g/mol. The van der Waals surface area contributed by atoms with Gasteiger partial charge in [-0.1, -0.05) is 0 Å². The van der Waals surface area contributed by atoms with Gasteiger partial charge >= 0.3 is 0 Å². The molecule has 0 aliphatic heterocycles. The zero-order valence-corrected chi connectivity index (χ0v) is 7.97. The topological polar surface area (TPSA) is 55.5 Å². The van der Waals surface area contributed by atoms with Crippen molar-refractivity contribution in [3.8, 4) is 0 Å². The molecule has 1 saturated carbocycles. The third-order valence-electron chi connectivity index (χ3n) is 3.18. The molecule has 72 valence electrons. The van der Waals surface area contributed by atoms with Gasteiger partial charge in [-0.2, -0.15) is 0 Å². The minimum absolute atomic E-state index is 0.00840. The van der Waals surface area contributed by atoms with Gasteiger partial charge in [-0.3, -0.25) is 0 Å². The number of ether oxygens (including phenoxy) is 1. The van der Waals surface area contributed by atoms with Gasteiger partial charge in [0.05, 0.1) is 5.60 Å². The van der Waals surface area contributed by atoms with Gasteiger partial charge in [-0.05, 0) is 26.2 Å².